The Labute approximate surface area is 127 Å². The van der Waals surface area contributed by atoms with Gasteiger partial charge in [0.15, 0.2) is 0 Å². The van der Waals surface area contributed by atoms with Gasteiger partial charge in [-0.05, 0) is 18.8 Å². The molecule has 120 valence electrons. The van der Waals surface area contributed by atoms with E-state index in [0.29, 0.717) is 18.5 Å². The first-order valence-corrected chi connectivity index (χ1v) is 7.97. The minimum atomic E-state index is -0.00223. The lowest BCUT2D eigenvalue weighted by molar-refractivity contribution is 0.199. The van der Waals surface area contributed by atoms with Crippen molar-refractivity contribution >= 4 is 0 Å². The van der Waals surface area contributed by atoms with Gasteiger partial charge < -0.3 is 16.2 Å². The number of nitrogens with two attached hydrogens (primary N) is 1. The molecular weight excluding hydrogens is 264 g/mol. The molecule has 3 unspecified atom stereocenters. The average Bonchev–Trinajstić information content (AvgIpc) is 3.01. The van der Waals surface area contributed by atoms with Crippen molar-refractivity contribution in [3.8, 4) is 0 Å². The van der Waals surface area contributed by atoms with Crippen LogP contribution in [0.15, 0.2) is 6.20 Å². The highest BCUT2D eigenvalue weighted by molar-refractivity contribution is 5.28. The number of rotatable bonds is 5. The molecule has 0 aliphatic heterocycles. The zero-order valence-electron chi connectivity index (χ0n) is 13.8. The second-order valence-electron chi connectivity index (χ2n) is 7.29. The first-order chi connectivity index (χ1) is 9.86. The molecule has 0 saturated heterocycles. The maximum Gasteiger partial charge on any atom is 0.0726 e. The van der Waals surface area contributed by atoms with Gasteiger partial charge in [-0.25, -0.2) is 0 Å². The van der Waals surface area contributed by atoms with Gasteiger partial charge in [0.05, 0.1) is 5.69 Å². The molecule has 0 amide bonds. The first kappa shape index (κ1) is 16.5. The summed E-state index contributed by atoms with van der Waals surface area (Å²) in [5, 5.41) is 17.8. The Morgan fingerprint density at radius 3 is 2.76 bits per heavy atom. The van der Waals surface area contributed by atoms with Crippen molar-refractivity contribution in [2.24, 2.45) is 18.7 Å². The molecule has 5 nitrogen and oxygen atoms in total. The summed E-state index contributed by atoms with van der Waals surface area (Å²) in [6.07, 6.45) is 5.48. The molecular formula is C16H30N4O. The third-order valence-electron chi connectivity index (χ3n) is 4.49. The van der Waals surface area contributed by atoms with Crippen molar-refractivity contribution in [3.63, 3.8) is 0 Å². The fraction of sp³-hybridized carbons (Fsp3) is 0.812. The third kappa shape index (κ3) is 3.65. The fourth-order valence-corrected chi connectivity index (χ4v) is 3.36. The second kappa shape index (κ2) is 6.46. The summed E-state index contributed by atoms with van der Waals surface area (Å²) in [7, 11) is 1.96. The fourth-order valence-electron chi connectivity index (χ4n) is 3.36. The Hall–Kier alpha value is -0.910. The summed E-state index contributed by atoms with van der Waals surface area (Å²) in [5.74, 6) is 0.355. The van der Waals surface area contributed by atoms with Crippen molar-refractivity contribution in [2.45, 2.75) is 57.5 Å². The van der Waals surface area contributed by atoms with Gasteiger partial charge in [0.1, 0.15) is 0 Å². The zero-order valence-corrected chi connectivity index (χ0v) is 13.8. The molecule has 1 aromatic rings. The van der Waals surface area contributed by atoms with Crippen LogP contribution in [0.1, 0.15) is 57.3 Å². The summed E-state index contributed by atoms with van der Waals surface area (Å²) in [6, 6.07) is 0.460. The molecule has 1 saturated carbocycles. The van der Waals surface area contributed by atoms with Crippen LogP contribution in [0, 0.1) is 5.92 Å². The lowest BCUT2D eigenvalue weighted by atomic mass is 9.87. The number of nitrogens with one attached hydrogen (secondary N) is 1. The maximum atomic E-state index is 9.49. The SMILES string of the molecule is Cn1cc(C(CN)NC2CCCC2CO)c(C(C)(C)C)n1. The monoisotopic (exact) mass is 294 g/mol. The van der Waals surface area contributed by atoms with E-state index in [1.54, 1.807) is 0 Å². The molecule has 1 fully saturated rings. The van der Waals surface area contributed by atoms with Crippen LogP contribution in [-0.2, 0) is 12.5 Å². The lowest BCUT2D eigenvalue weighted by Gasteiger charge is -2.27. The standard InChI is InChI=1S/C16H30N4O/c1-16(2,3)15-12(9-20(4)19-15)14(8-17)18-13-7-5-6-11(13)10-21/h9,11,13-14,18,21H,5-8,10,17H2,1-4H3. The number of aromatic nitrogens is 2. The molecule has 1 aromatic heterocycles. The average molecular weight is 294 g/mol. The van der Waals surface area contributed by atoms with Gasteiger partial charge in [-0.3, -0.25) is 4.68 Å². The highest BCUT2D eigenvalue weighted by atomic mass is 16.3. The topological polar surface area (TPSA) is 76.1 Å². The molecule has 1 aliphatic rings. The Balaban J connectivity index is 2.21. The van der Waals surface area contributed by atoms with Crippen LogP contribution >= 0.6 is 0 Å². The largest absolute Gasteiger partial charge is 0.396 e. The van der Waals surface area contributed by atoms with E-state index in [9.17, 15) is 5.11 Å². The minimum Gasteiger partial charge on any atom is -0.396 e. The van der Waals surface area contributed by atoms with Gasteiger partial charge in [0.25, 0.3) is 0 Å². The smallest absolute Gasteiger partial charge is 0.0726 e. The molecule has 0 spiro atoms. The van der Waals surface area contributed by atoms with Gasteiger partial charge in [-0.1, -0.05) is 27.2 Å². The van der Waals surface area contributed by atoms with Gasteiger partial charge in [-0.2, -0.15) is 5.10 Å². The van der Waals surface area contributed by atoms with Crippen LogP contribution in [0.25, 0.3) is 0 Å². The van der Waals surface area contributed by atoms with Crippen molar-refractivity contribution in [2.75, 3.05) is 13.2 Å². The highest BCUT2D eigenvalue weighted by Crippen LogP contribution is 2.31. The van der Waals surface area contributed by atoms with Crippen molar-refractivity contribution in [1.29, 1.82) is 0 Å². The Kier molecular flexibility index (Phi) is 5.07. The lowest BCUT2D eigenvalue weighted by Crippen LogP contribution is -2.40. The predicted molar refractivity (Wildman–Crippen MR) is 85.1 cm³/mol. The van der Waals surface area contributed by atoms with E-state index in [0.717, 1.165) is 18.5 Å². The Bertz CT molecular complexity index is 463. The molecule has 3 atom stereocenters. The van der Waals surface area contributed by atoms with E-state index in [1.807, 2.05) is 11.7 Å². The third-order valence-corrected chi connectivity index (χ3v) is 4.49. The summed E-state index contributed by atoms with van der Waals surface area (Å²) in [4.78, 5) is 0. The maximum absolute atomic E-state index is 9.49. The first-order valence-electron chi connectivity index (χ1n) is 7.97. The van der Waals surface area contributed by atoms with E-state index in [2.05, 4.69) is 37.4 Å². The van der Waals surface area contributed by atoms with E-state index in [4.69, 9.17) is 5.73 Å². The molecule has 0 bridgehead atoms. The Morgan fingerprint density at radius 1 is 1.48 bits per heavy atom. The van der Waals surface area contributed by atoms with Gasteiger partial charge in [-0.15, -0.1) is 0 Å². The van der Waals surface area contributed by atoms with Crippen LogP contribution in [0.5, 0.6) is 0 Å². The van der Waals surface area contributed by atoms with Crippen LogP contribution in [-0.4, -0.2) is 34.1 Å². The molecule has 4 N–H and O–H groups in total. The quantitative estimate of drug-likeness (QED) is 0.768. The van der Waals surface area contributed by atoms with Crippen LogP contribution in [0.3, 0.4) is 0 Å². The molecule has 5 heteroatoms. The molecule has 2 rings (SSSR count). The van der Waals surface area contributed by atoms with Gasteiger partial charge in [0.2, 0.25) is 0 Å². The van der Waals surface area contributed by atoms with Gasteiger partial charge >= 0.3 is 0 Å². The number of aryl methyl sites for hydroxylation is 1. The number of aliphatic hydroxyl groups is 1. The molecule has 21 heavy (non-hydrogen) atoms. The zero-order chi connectivity index (χ0) is 15.6. The summed E-state index contributed by atoms with van der Waals surface area (Å²) >= 11 is 0. The molecule has 1 heterocycles. The van der Waals surface area contributed by atoms with E-state index >= 15 is 0 Å². The van der Waals surface area contributed by atoms with E-state index in [-0.39, 0.29) is 18.1 Å². The van der Waals surface area contributed by atoms with E-state index < -0.39 is 0 Å². The summed E-state index contributed by atoms with van der Waals surface area (Å²) in [6.45, 7) is 7.34. The number of nitrogens with zero attached hydrogens (tertiary/aromatic N) is 2. The molecule has 0 radical (unpaired) electrons. The Morgan fingerprint density at radius 2 is 2.19 bits per heavy atom. The van der Waals surface area contributed by atoms with Gasteiger partial charge in [0, 0.05) is 49.5 Å². The molecule has 1 aliphatic carbocycles. The van der Waals surface area contributed by atoms with Crippen LogP contribution in [0.4, 0.5) is 0 Å². The van der Waals surface area contributed by atoms with Crippen LogP contribution in [0.2, 0.25) is 0 Å². The van der Waals surface area contributed by atoms with Crippen molar-refractivity contribution < 1.29 is 5.11 Å². The van der Waals surface area contributed by atoms with Crippen molar-refractivity contribution in [1.82, 2.24) is 15.1 Å². The van der Waals surface area contributed by atoms with Crippen LogP contribution < -0.4 is 11.1 Å². The number of aliphatic hydroxyl groups excluding tert-OH is 1. The predicted octanol–water partition coefficient (Wildman–Crippen LogP) is 1.47. The van der Waals surface area contributed by atoms with Crippen molar-refractivity contribution in [3.05, 3.63) is 17.5 Å². The minimum absolute atomic E-state index is 0.00223. The van der Waals surface area contributed by atoms with E-state index in [1.165, 1.54) is 12.0 Å². The normalized spacial score (nSPS) is 24.5. The molecule has 0 aromatic carbocycles. The highest BCUT2D eigenvalue weighted by Gasteiger charge is 2.31. The summed E-state index contributed by atoms with van der Waals surface area (Å²) in [5.41, 5.74) is 8.32. The summed E-state index contributed by atoms with van der Waals surface area (Å²) < 4.78 is 1.87. The second-order valence-corrected chi connectivity index (χ2v) is 7.29. The number of hydrogen-bond acceptors (Lipinski definition) is 4. The number of hydrogen-bond donors (Lipinski definition) is 3.